The zero-order chi connectivity index (χ0) is 23.4. The van der Waals surface area contributed by atoms with Crippen molar-refractivity contribution in [3.05, 3.63) is 70.8 Å². The van der Waals surface area contributed by atoms with E-state index in [1.807, 2.05) is 23.1 Å². The summed E-state index contributed by atoms with van der Waals surface area (Å²) in [6.45, 7) is 7.83. The Morgan fingerprint density at radius 1 is 1.03 bits per heavy atom. The Bertz CT molecular complexity index is 965. The van der Waals surface area contributed by atoms with Crippen LogP contribution in [0.15, 0.2) is 48.5 Å². The number of hydrogen-bond donors (Lipinski definition) is 1. The summed E-state index contributed by atoms with van der Waals surface area (Å²) in [4.78, 5) is 31.3. The summed E-state index contributed by atoms with van der Waals surface area (Å²) >= 11 is 0. The number of piperazine rings is 1. The number of carbonyl (C=O) groups excluding carboxylic acids is 2. The Hall–Kier alpha value is -2.70. The molecule has 0 saturated carbocycles. The number of nitrogens with zero attached hydrogens (tertiary/aromatic N) is 2. The second-order valence-corrected chi connectivity index (χ2v) is 9.42. The van der Waals surface area contributed by atoms with Crippen molar-refractivity contribution in [1.82, 2.24) is 15.1 Å². The Morgan fingerprint density at radius 3 is 2.33 bits per heavy atom. The van der Waals surface area contributed by atoms with E-state index in [4.69, 9.17) is 4.74 Å². The normalized spacial score (nSPS) is 20.9. The van der Waals surface area contributed by atoms with Crippen molar-refractivity contribution in [3.63, 3.8) is 0 Å². The molecule has 0 aromatic heterocycles. The van der Waals surface area contributed by atoms with Crippen LogP contribution in [-0.2, 0) is 26.3 Å². The summed E-state index contributed by atoms with van der Waals surface area (Å²) in [6.07, 6.45) is 1.28. The summed E-state index contributed by atoms with van der Waals surface area (Å²) in [7, 11) is 1.65. The van der Waals surface area contributed by atoms with Crippen LogP contribution in [0.4, 0.5) is 0 Å². The molecule has 0 spiro atoms. The maximum absolute atomic E-state index is 14.3. The number of carbonyl (C=O) groups is 2. The molecular formula is C27H35N3O3. The van der Waals surface area contributed by atoms with E-state index in [0.29, 0.717) is 39.1 Å². The Balaban J connectivity index is 1.63. The highest BCUT2D eigenvalue weighted by molar-refractivity contribution is 5.93. The molecule has 2 fully saturated rings. The molecule has 6 heteroatoms. The van der Waals surface area contributed by atoms with E-state index in [0.717, 1.165) is 29.8 Å². The highest BCUT2D eigenvalue weighted by Gasteiger charge is 2.48. The number of hydrogen-bond acceptors (Lipinski definition) is 4. The molecule has 0 unspecified atom stereocenters. The fraction of sp³-hybridized carbons (Fsp3) is 0.481. The maximum Gasteiger partial charge on any atom is 0.243 e. The number of nitrogens with one attached hydrogen (secondary N) is 1. The van der Waals surface area contributed by atoms with Crippen LogP contribution in [0, 0.1) is 13.8 Å². The van der Waals surface area contributed by atoms with E-state index in [9.17, 15) is 9.59 Å². The number of rotatable bonds is 5. The lowest BCUT2D eigenvalue weighted by molar-refractivity contribution is -0.151. The van der Waals surface area contributed by atoms with Gasteiger partial charge in [0, 0.05) is 46.4 Å². The van der Waals surface area contributed by atoms with Gasteiger partial charge in [-0.1, -0.05) is 59.7 Å². The second kappa shape index (κ2) is 10.1. The average Bonchev–Trinajstić information content (AvgIpc) is 2.83. The third-order valence-electron chi connectivity index (χ3n) is 7.05. The predicted octanol–water partition coefficient (Wildman–Crippen LogP) is 2.81. The summed E-state index contributed by atoms with van der Waals surface area (Å²) in [5.74, 6) is -0.0486. The zero-order valence-electron chi connectivity index (χ0n) is 20.0. The first kappa shape index (κ1) is 23.5. The van der Waals surface area contributed by atoms with Gasteiger partial charge in [-0.25, -0.2) is 0 Å². The number of ether oxygens (including phenoxy) is 1. The predicted molar refractivity (Wildman–Crippen MR) is 129 cm³/mol. The van der Waals surface area contributed by atoms with Gasteiger partial charge in [0.1, 0.15) is 6.04 Å². The molecule has 2 aromatic rings. The van der Waals surface area contributed by atoms with Crippen LogP contribution < -0.4 is 5.32 Å². The van der Waals surface area contributed by atoms with E-state index in [1.54, 1.807) is 7.05 Å². The molecule has 176 valence electrons. The van der Waals surface area contributed by atoms with Crippen LogP contribution in [-0.4, -0.2) is 67.6 Å². The first-order valence-corrected chi connectivity index (χ1v) is 11.9. The van der Waals surface area contributed by atoms with Gasteiger partial charge in [-0.3, -0.25) is 14.5 Å². The highest BCUT2D eigenvalue weighted by atomic mass is 16.5. The van der Waals surface area contributed by atoms with Gasteiger partial charge in [-0.15, -0.1) is 0 Å². The van der Waals surface area contributed by atoms with Gasteiger partial charge in [0.25, 0.3) is 0 Å². The molecule has 2 amide bonds. The highest BCUT2D eigenvalue weighted by Crippen LogP contribution is 2.38. The summed E-state index contributed by atoms with van der Waals surface area (Å²) in [5.41, 5.74) is 3.92. The Morgan fingerprint density at radius 2 is 1.70 bits per heavy atom. The molecule has 4 rings (SSSR count). The van der Waals surface area contributed by atoms with Crippen molar-refractivity contribution >= 4 is 11.8 Å². The Labute approximate surface area is 196 Å². The Kier molecular flexibility index (Phi) is 7.15. The van der Waals surface area contributed by atoms with Gasteiger partial charge < -0.3 is 15.0 Å². The van der Waals surface area contributed by atoms with Crippen LogP contribution in [0.1, 0.15) is 35.1 Å². The number of benzene rings is 2. The maximum atomic E-state index is 14.3. The molecule has 2 heterocycles. The molecule has 0 bridgehead atoms. The third kappa shape index (κ3) is 4.97. The van der Waals surface area contributed by atoms with E-state index in [2.05, 4.69) is 54.4 Å². The van der Waals surface area contributed by atoms with Gasteiger partial charge in [0.05, 0.1) is 5.41 Å². The van der Waals surface area contributed by atoms with Crippen molar-refractivity contribution in [2.75, 3.05) is 39.9 Å². The van der Waals surface area contributed by atoms with E-state index < -0.39 is 11.5 Å². The monoisotopic (exact) mass is 449 g/mol. The molecule has 0 aliphatic carbocycles. The molecule has 33 heavy (non-hydrogen) atoms. The van der Waals surface area contributed by atoms with Gasteiger partial charge >= 0.3 is 0 Å². The molecular weight excluding hydrogens is 414 g/mol. The van der Waals surface area contributed by atoms with Crippen LogP contribution >= 0.6 is 0 Å². The van der Waals surface area contributed by atoms with Crippen molar-refractivity contribution in [1.29, 1.82) is 0 Å². The summed E-state index contributed by atoms with van der Waals surface area (Å²) in [6, 6.07) is 16.2. The molecule has 1 atom stereocenters. The van der Waals surface area contributed by atoms with Crippen LogP contribution in [0.25, 0.3) is 0 Å². The lowest BCUT2D eigenvalue weighted by Gasteiger charge is -2.46. The minimum atomic E-state index is -0.650. The smallest absolute Gasteiger partial charge is 0.243 e. The molecule has 2 aliphatic heterocycles. The lowest BCUT2D eigenvalue weighted by atomic mass is 9.72. The number of amides is 2. The van der Waals surface area contributed by atoms with E-state index in [-0.39, 0.29) is 11.8 Å². The van der Waals surface area contributed by atoms with Gasteiger partial charge in [0.15, 0.2) is 0 Å². The van der Waals surface area contributed by atoms with Gasteiger partial charge in [-0.2, -0.15) is 0 Å². The lowest BCUT2D eigenvalue weighted by Crippen LogP contribution is -2.63. The minimum absolute atomic E-state index is 0.0590. The van der Waals surface area contributed by atoms with Crippen molar-refractivity contribution in [2.45, 2.75) is 44.7 Å². The molecule has 2 aromatic carbocycles. The molecule has 2 aliphatic rings. The van der Waals surface area contributed by atoms with E-state index >= 15 is 0 Å². The average molecular weight is 450 g/mol. The minimum Gasteiger partial charge on any atom is -0.381 e. The van der Waals surface area contributed by atoms with Crippen LogP contribution in [0.2, 0.25) is 0 Å². The quantitative estimate of drug-likeness (QED) is 0.763. The zero-order valence-corrected chi connectivity index (χ0v) is 20.0. The van der Waals surface area contributed by atoms with Gasteiger partial charge in [0.2, 0.25) is 11.8 Å². The van der Waals surface area contributed by atoms with Crippen molar-refractivity contribution < 1.29 is 14.3 Å². The standard InChI is InChI=1S/C27H35N3O3/c1-20-15-21(2)17-23(16-20)27(9-13-33-14-10-27)26(32)30-12-11-29(19-24(30)25(31)28-3)18-22-7-5-4-6-8-22/h4-8,15-17,24H,9-14,18-19H2,1-3H3,(H,28,31)/t24-/m0/s1. The largest absolute Gasteiger partial charge is 0.381 e. The van der Waals surface area contributed by atoms with Crippen molar-refractivity contribution in [3.8, 4) is 0 Å². The third-order valence-corrected chi connectivity index (χ3v) is 7.05. The molecule has 2 saturated heterocycles. The molecule has 1 N–H and O–H groups in total. The SMILES string of the molecule is CNC(=O)[C@@H]1CN(Cc2ccccc2)CCN1C(=O)C1(c2cc(C)cc(C)c2)CCOCC1. The topological polar surface area (TPSA) is 61.9 Å². The first-order valence-electron chi connectivity index (χ1n) is 11.9. The molecule has 0 radical (unpaired) electrons. The number of aryl methyl sites for hydroxylation is 2. The van der Waals surface area contributed by atoms with Crippen LogP contribution in [0.3, 0.4) is 0 Å². The van der Waals surface area contributed by atoms with Gasteiger partial charge in [-0.05, 0) is 37.8 Å². The first-order chi connectivity index (χ1) is 15.9. The van der Waals surface area contributed by atoms with E-state index in [1.165, 1.54) is 5.56 Å². The van der Waals surface area contributed by atoms with Crippen LogP contribution in [0.5, 0.6) is 0 Å². The number of likely N-dealkylation sites (N-methyl/N-ethyl adjacent to an activating group) is 1. The fourth-order valence-corrected chi connectivity index (χ4v) is 5.33. The van der Waals surface area contributed by atoms with Crippen molar-refractivity contribution in [2.24, 2.45) is 0 Å². The fourth-order valence-electron chi connectivity index (χ4n) is 5.33. The molecule has 6 nitrogen and oxygen atoms in total. The summed E-state index contributed by atoms with van der Waals surface area (Å²) < 4.78 is 5.66. The second-order valence-electron chi connectivity index (χ2n) is 9.42. The summed E-state index contributed by atoms with van der Waals surface area (Å²) in [5, 5.41) is 2.79.